The second-order valence-corrected chi connectivity index (χ2v) is 9.04. The molecule has 0 N–H and O–H groups in total. The van der Waals surface area contributed by atoms with Crippen LogP contribution in [0.3, 0.4) is 0 Å². The van der Waals surface area contributed by atoms with Crippen LogP contribution in [0.5, 0.6) is 0 Å². The van der Waals surface area contributed by atoms with Crippen LogP contribution in [0.4, 0.5) is 14.9 Å². The lowest BCUT2D eigenvalue weighted by Crippen LogP contribution is -2.26. The smallest absolute Gasteiger partial charge is 0.414 e. The number of aromatic nitrogens is 4. The summed E-state index contributed by atoms with van der Waals surface area (Å²) in [6.45, 7) is 1.76. The number of pyridine rings is 1. The van der Waals surface area contributed by atoms with Crippen molar-refractivity contribution >= 4 is 11.8 Å². The standard InChI is InChI=1S/C24H19FN8O2/c25-21-7-16(33-10-17(35-23(33)34)9-32-6-5-29-30-32)2-3-18(21)15-1-4-22(28-8-15)24(13-26)19-11-31(14-27)12-20(19)24/h1-8,17,19-20H,9-12H2/t17-,19?,20?,24?/m0/s1. The van der Waals surface area contributed by atoms with Gasteiger partial charge < -0.3 is 9.64 Å². The molecule has 10 nitrogen and oxygen atoms in total. The number of carbonyl (C=O) groups is 1. The lowest BCUT2D eigenvalue weighted by atomic mass is 9.95. The molecule has 1 saturated carbocycles. The number of ether oxygens (including phenoxy) is 1. The SMILES string of the molecule is N#CN1CC2C(C1)C2(C#N)c1ccc(-c2ccc(N3C[C@H](Cn4ccnn4)OC3=O)cc2F)cn1. The number of nitriles is 2. The van der Waals surface area contributed by atoms with Gasteiger partial charge in [0.1, 0.15) is 17.3 Å². The van der Waals surface area contributed by atoms with Gasteiger partial charge in [0, 0.05) is 48.4 Å². The van der Waals surface area contributed by atoms with Gasteiger partial charge in [0.05, 0.1) is 36.7 Å². The van der Waals surface area contributed by atoms with E-state index in [2.05, 4.69) is 27.6 Å². The van der Waals surface area contributed by atoms with E-state index in [-0.39, 0.29) is 18.4 Å². The second-order valence-electron chi connectivity index (χ2n) is 9.04. The lowest BCUT2D eigenvalue weighted by Gasteiger charge is -2.18. The van der Waals surface area contributed by atoms with E-state index in [0.717, 1.165) is 0 Å². The number of fused-ring (bicyclic) bond motifs is 1. The third kappa shape index (κ3) is 3.28. The van der Waals surface area contributed by atoms with Crippen LogP contribution in [0.25, 0.3) is 11.1 Å². The summed E-state index contributed by atoms with van der Waals surface area (Å²) in [5.41, 5.74) is 1.30. The molecule has 35 heavy (non-hydrogen) atoms. The fraction of sp³-hybridized carbons (Fsp3) is 0.333. The highest BCUT2D eigenvalue weighted by Gasteiger charge is 2.71. The van der Waals surface area contributed by atoms with Crippen molar-refractivity contribution in [3.8, 4) is 23.4 Å². The Kier molecular flexibility index (Phi) is 4.68. The Labute approximate surface area is 199 Å². The van der Waals surface area contributed by atoms with Gasteiger partial charge in [-0.3, -0.25) is 9.88 Å². The number of rotatable bonds is 5. The molecule has 0 spiro atoms. The largest absolute Gasteiger partial charge is 0.442 e. The van der Waals surface area contributed by atoms with Crippen molar-refractivity contribution in [3.63, 3.8) is 0 Å². The molecule has 3 atom stereocenters. The highest BCUT2D eigenvalue weighted by atomic mass is 19.1. The van der Waals surface area contributed by atoms with Gasteiger partial charge in [-0.2, -0.15) is 10.5 Å². The third-order valence-corrected chi connectivity index (χ3v) is 7.21. The van der Waals surface area contributed by atoms with Crippen molar-refractivity contribution in [2.45, 2.75) is 18.1 Å². The van der Waals surface area contributed by atoms with Crippen LogP contribution in [0.15, 0.2) is 48.9 Å². The van der Waals surface area contributed by atoms with E-state index < -0.39 is 23.4 Å². The number of hydrogen-bond acceptors (Lipinski definition) is 8. The van der Waals surface area contributed by atoms with Gasteiger partial charge in [-0.15, -0.1) is 5.10 Å². The van der Waals surface area contributed by atoms with Gasteiger partial charge >= 0.3 is 6.09 Å². The molecule has 11 heteroatoms. The zero-order valence-corrected chi connectivity index (χ0v) is 18.5. The molecule has 1 aliphatic carbocycles. The molecule has 3 aliphatic rings. The molecule has 0 bridgehead atoms. The molecule has 2 unspecified atom stereocenters. The summed E-state index contributed by atoms with van der Waals surface area (Å²) >= 11 is 0. The maximum Gasteiger partial charge on any atom is 0.414 e. The topological polar surface area (TPSA) is 124 Å². The van der Waals surface area contributed by atoms with Crippen molar-refractivity contribution in [1.82, 2.24) is 24.9 Å². The van der Waals surface area contributed by atoms with Crippen molar-refractivity contribution < 1.29 is 13.9 Å². The summed E-state index contributed by atoms with van der Waals surface area (Å²) in [5, 5.41) is 26.5. The second kappa shape index (κ2) is 7.77. The van der Waals surface area contributed by atoms with Crippen LogP contribution in [0.1, 0.15) is 5.69 Å². The molecular weight excluding hydrogens is 451 g/mol. The first-order valence-electron chi connectivity index (χ1n) is 11.2. The minimum Gasteiger partial charge on any atom is -0.442 e. The molecule has 4 heterocycles. The zero-order chi connectivity index (χ0) is 24.2. The molecule has 1 aromatic carbocycles. The fourth-order valence-electron chi connectivity index (χ4n) is 5.39. The lowest BCUT2D eigenvalue weighted by molar-refractivity contribution is 0.129. The normalized spacial score (nSPS) is 26.7. The Balaban J connectivity index is 1.18. The summed E-state index contributed by atoms with van der Waals surface area (Å²) in [4.78, 5) is 19.9. The minimum atomic E-state index is -0.673. The average Bonchev–Trinajstić information content (AvgIpc) is 3.37. The first-order chi connectivity index (χ1) is 17.0. The van der Waals surface area contributed by atoms with E-state index in [1.807, 2.05) is 0 Å². The number of piperidine rings is 1. The summed E-state index contributed by atoms with van der Waals surface area (Å²) in [6.07, 6.45) is 5.97. The molecule has 2 aliphatic heterocycles. The predicted molar refractivity (Wildman–Crippen MR) is 119 cm³/mol. The number of carbonyl (C=O) groups excluding carboxylic acids is 1. The fourth-order valence-corrected chi connectivity index (χ4v) is 5.39. The number of hydrogen-bond donors (Lipinski definition) is 0. The Morgan fingerprint density at radius 2 is 2.00 bits per heavy atom. The van der Waals surface area contributed by atoms with Gasteiger partial charge in [-0.1, -0.05) is 11.3 Å². The maximum atomic E-state index is 15.1. The Morgan fingerprint density at radius 3 is 2.63 bits per heavy atom. The highest BCUT2D eigenvalue weighted by Crippen LogP contribution is 2.62. The van der Waals surface area contributed by atoms with Gasteiger partial charge in [0.2, 0.25) is 0 Å². The minimum absolute atomic E-state index is 0.0927. The summed E-state index contributed by atoms with van der Waals surface area (Å²) in [7, 11) is 0. The number of cyclic esters (lactones) is 1. The molecule has 2 aromatic heterocycles. The van der Waals surface area contributed by atoms with E-state index >= 15 is 4.39 Å². The number of halogens is 1. The van der Waals surface area contributed by atoms with E-state index in [4.69, 9.17) is 10.00 Å². The highest BCUT2D eigenvalue weighted by molar-refractivity contribution is 5.90. The third-order valence-electron chi connectivity index (χ3n) is 7.21. The number of benzene rings is 1. The average molecular weight is 470 g/mol. The molecule has 174 valence electrons. The van der Waals surface area contributed by atoms with E-state index in [1.165, 1.54) is 11.0 Å². The van der Waals surface area contributed by atoms with Crippen LogP contribution in [-0.4, -0.2) is 56.7 Å². The van der Waals surface area contributed by atoms with Gasteiger partial charge in [-0.05, 0) is 24.3 Å². The van der Waals surface area contributed by atoms with E-state index in [9.17, 15) is 10.1 Å². The van der Waals surface area contributed by atoms with Crippen molar-refractivity contribution in [2.75, 3.05) is 24.5 Å². The summed E-state index contributed by atoms with van der Waals surface area (Å²) in [6, 6.07) is 10.5. The number of likely N-dealkylation sites (tertiary alicyclic amines) is 1. The molecule has 1 amide bonds. The molecule has 2 saturated heterocycles. The van der Waals surface area contributed by atoms with Crippen molar-refractivity contribution in [2.24, 2.45) is 11.8 Å². The quantitative estimate of drug-likeness (QED) is 0.521. The Hall–Kier alpha value is -4.51. The Bertz CT molecular complexity index is 1370. The van der Waals surface area contributed by atoms with Crippen molar-refractivity contribution in [1.29, 1.82) is 10.5 Å². The van der Waals surface area contributed by atoms with E-state index in [0.29, 0.717) is 42.1 Å². The zero-order valence-electron chi connectivity index (χ0n) is 18.5. The van der Waals surface area contributed by atoms with Gasteiger partial charge in [-0.25, -0.2) is 13.9 Å². The van der Waals surface area contributed by atoms with Crippen LogP contribution in [0, 0.1) is 40.4 Å². The first-order valence-corrected chi connectivity index (χ1v) is 11.2. The maximum absolute atomic E-state index is 15.1. The predicted octanol–water partition coefficient (Wildman–Crippen LogP) is 2.31. The van der Waals surface area contributed by atoms with Crippen LogP contribution in [-0.2, 0) is 16.7 Å². The number of nitrogens with zero attached hydrogens (tertiary/aromatic N) is 8. The monoisotopic (exact) mass is 470 g/mol. The number of amides is 1. The van der Waals surface area contributed by atoms with Crippen LogP contribution >= 0.6 is 0 Å². The molecule has 3 fully saturated rings. The Morgan fingerprint density at radius 1 is 1.17 bits per heavy atom. The van der Waals surface area contributed by atoms with E-state index in [1.54, 1.807) is 52.4 Å². The van der Waals surface area contributed by atoms with Gasteiger partial charge in [0.25, 0.3) is 0 Å². The van der Waals surface area contributed by atoms with Crippen molar-refractivity contribution in [3.05, 3.63) is 60.4 Å². The van der Waals surface area contributed by atoms with Crippen LogP contribution < -0.4 is 4.90 Å². The molecular formula is C24H19FN8O2. The van der Waals surface area contributed by atoms with Crippen LogP contribution in [0.2, 0.25) is 0 Å². The summed E-state index contributed by atoms with van der Waals surface area (Å²) in [5.74, 6) is -0.308. The molecule has 3 aromatic rings. The molecule has 6 rings (SSSR count). The number of anilines is 1. The summed E-state index contributed by atoms with van der Waals surface area (Å²) < 4.78 is 22.0. The molecule has 0 radical (unpaired) electrons. The first kappa shape index (κ1) is 21.1. The van der Waals surface area contributed by atoms with Gasteiger partial charge in [0.15, 0.2) is 6.19 Å².